The molecule has 1 N–H and O–H groups in total. The average Bonchev–Trinajstić information content (AvgIpc) is 3.09. The Morgan fingerprint density at radius 2 is 1.82 bits per heavy atom. The number of hydrogen-bond donors (Lipinski definition) is 1. The highest BCUT2D eigenvalue weighted by atomic mass is 19.4. The molecule has 4 rings (SSSR count). The lowest BCUT2D eigenvalue weighted by Crippen LogP contribution is -2.53. The van der Waals surface area contributed by atoms with Gasteiger partial charge in [0.2, 0.25) is 0 Å². The molecule has 0 aromatic heterocycles. The lowest BCUT2D eigenvalue weighted by molar-refractivity contribution is -0.146. The van der Waals surface area contributed by atoms with E-state index in [0.29, 0.717) is 25.0 Å². The number of alkyl halides is 3. The lowest BCUT2D eigenvalue weighted by Gasteiger charge is -2.37. The van der Waals surface area contributed by atoms with E-state index >= 15 is 0 Å². The van der Waals surface area contributed by atoms with E-state index in [-0.39, 0.29) is 17.9 Å². The summed E-state index contributed by atoms with van der Waals surface area (Å²) in [4.78, 5) is 32.6. The molecule has 2 aromatic carbocycles. The molecule has 6 nitrogen and oxygen atoms in total. The van der Waals surface area contributed by atoms with Crippen molar-refractivity contribution in [2.24, 2.45) is 4.99 Å². The highest BCUT2D eigenvalue weighted by molar-refractivity contribution is 6.48. The summed E-state index contributed by atoms with van der Waals surface area (Å²) < 4.78 is 44.1. The van der Waals surface area contributed by atoms with E-state index in [1.54, 1.807) is 19.2 Å². The summed E-state index contributed by atoms with van der Waals surface area (Å²) in [6, 6.07) is 11.9. The minimum Gasteiger partial charge on any atom is -0.380 e. The molecule has 1 spiro atoms. The normalized spacial score (nSPS) is 17.7. The Morgan fingerprint density at radius 3 is 2.47 bits per heavy atom. The van der Waals surface area contributed by atoms with Crippen LogP contribution in [0.2, 0.25) is 0 Å². The van der Waals surface area contributed by atoms with Crippen LogP contribution < -0.4 is 5.32 Å². The molecule has 1 fully saturated rings. The predicted octanol–water partition coefficient (Wildman–Crippen LogP) is 4.78. The van der Waals surface area contributed by atoms with Crippen LogP contribution in [0, 0.1) is 0 Å². The Kier molecular flexibility index (Phi) is 6.74. The molecule has 0 unspecified atom stereocenters. The van der Waals surface area contributed by atoms with Gasteiger partial charge >= 0.3 is 6.18 Å². The van der Waals surface area contributed by atoms with Crippen molar-refractivity contribution >= 4 is 23.2 Å². The first-order valence-electron chi connectivity index (χ1n) is 11.2. The smallest absolute Gasteiger partial charge is 0.380 e. The van der Waals surface area contributed by atoms with Crippen molar-refractivity contribution in [3.05, 3.63) is 65.2 Å². The fraction of sp³-hybridized carbons (Fsp3) is 0.400. The summed E-state index contributed by atoms with van der Waals surface area (Å²) in [6.45, 7) is 0.126. The molecule has 1 aliphatic heterocycles. The van der Waals surface area contributed by atoms with Gasteiger partial charge in [0.1, 0.15) is 11.4 Å². The largest absolute Gasteiger partial charge is 0.416 e. The van der Waals surface area contributed by atoms with Crippen LogP contribution in [0.3, 0.4) is 0 Å². The number of nitrogens with zero attached hydrogens (tertiary/aromatic N) is 2. The van der Waals surface area contributed by atoms with Crippen molar-refractivity contribution in [3.8, 4) is 0 Å². The highest BCUT2D eigenvalue weighted by Gasteiger charge is 2.50. The SMILES string of the molecule is COCc1ccc(C2=NC3(CCCCC3)N(C(=O)CNc3cccc(C(F)(F)F)c3)C2=O)cc1. The molecule has 180 valence electrons. The van der Waals surface area contributed by atoms with E-state index in [4.69, 9.17) is 9.73 Å². The van der Waals surface area contributed by atoms with Gasteiger partial charge in [0.15, 0.2) is 0 Å². The molecule has 2 aliphatic rings. The van der Waals surface area contributed by atoms with Crippen LogP contribution in [0.4, 0.5) is 18.9 Å². The lowest BCUT2D eigenvalue weighted by atomic mass is 9.88. The molecular weight excluding hydrogens is 447 g/mol. The maximum absolute atomic E-state index is 13.4. The summed E-state index contributed by atoms with van der Waals surface area (Å²) in [5.41, 5.74) is 0.204. The molecular formula is C25H26F3N3O3. The highest BCUT2D eigenvalue weighted by Crippen LogP contribution is 2.40. The molecule has 0 atom stereocenters. The van der Waals surface area contributed by atoms with Gasteiger partial charge < -0.3 is 10.1 Å². The van der Waals surface area contributed by atoms with Crippen molar-refractivity contribution in [3.63, 3.8) is 0 Å². The van der Waals surface area contributed by atoms with E-state index in [2.05, 4.69) is 5.32 Å². The third-order valence-electron chi connectivity index (χ3n) is 6.22. The van der Waals surface area contributed by atoms with Crippen molar-refractivity contribution < 1.29 is 27.5 Å². The van der Waals surface area contributed by atoms with Crippen LogP contribution in [0.25, 0.3) is 0 Å². The van der Waals surface area contributed by atoms with Gasteiger partial charge in [-0.3, -0.25) is 14.6 Å². The van der Waals surface area contributed by atoms with E-state index in [9.17, 15) is 22.8 Å². The van der Waals surface area contributed by atoms with Crippen LogP contribution in [0.1, 0.15) is 48.8 Å². The second-order valence-electron chi connectivity index (χ2n) is 8.60. The number of imide groups is 1. The number of rotatable bonds is 6. The zero-order chi connectivity index (χ0) is 24.3. The van der Waals surface area contributed by atoms with Crippen LogP contribution in [0.15, 0.2) is 53.5 Å². The standard InChI is InChI=1S/C25H26F3N3O3/c1-34-16-17-8-10-18(11-9-17)22-23(33)31(24(30-22)12-3-2-4-13-24)21(32)15-29-20-7-5-6-19(14-20)25(26,27)28/h5-11,14,29H,2-4,12-13,15-16H2,1H3. The number of nitrogens with one attached hydrogen (secondary N) is 1. The number of hydrogen-bond acceptors (Lipinski definition) is 5. The number of aliphatic imine (C=N–C) groups is 1. The van der Waals surface area contributed by atoms with Gasteiger partial charge in [-0.25, -0.2) is 4.90 Å². The summed E-state index contributed by atoms with van der Waals surface area (Å²) in [5.74, 6) is -0.990. The van der Waals surface area contributed by atoms with Crippen LogP contribution in [-0.2, 0) is 27.1 Å². The number of halogens is 3. The van der Waals surface area contributed by atoms with E-state index < -0.39 is 29.2 Å². The first kappa shape index (κ1) is 23.9. The summed E-state index contributed by atoms with van der Waals surface area (Å²) in [6.07, 6.45) is -0.681. The molecule has 2 aromatic rings. The maximum atomic E-state index is 13.4. The Bertz CT molecular complexity index is 1090. The van der Waals surface area contributed by atoms with Crippen molar-refractivity contribution in [2.45, 2.75) is 50.6 Å². The van der Waals surface area contributed by atoms with Crippen molar-refractivity contribution in [1.82, 2.24) is 4.90 Å². The summed E-state index contributed by atoms with van der Waals surface area (Å²) >= 11 is 0. The Morgan fingerprint density at radius 1 is 1.12 bits per heavy atom. The molecule has 1 heterocycles. The number of carbonyl (C=O) groups is 2. The third-order valence-corrected chi connectivity index (χ3v) is 6.22. The predicted molar refractivity (Wildman–Crippen MR) is 121 cm³/mol. The van der Waals surface area contributed by atoms with Gasteiger partial charge in [-0.15, -0.1) is 0 Å². The fourth-order valence-corrected chi connectivity index (χ4v) is 4.58. The fourth-order valence-electron chi connectivity index (χ4n) is 4.58. The topological polar surface area (TPSA) is 71.0 Å². The third kappa shape index (κ3) is 4.84. The van der Waals surface area contributed by atoms with Crippen molar-refractivity contribution in [2.75, 3.05) is 19.0 Å². The number of ether oxygens (including phenoxy) is 1. The molecule has 34 heavy (non-hydrogen) atoms. The van der Waals surface area contributed by atoms with Gasteiger partial charge in [-0.05, 0) is 49.4 Å². The number of benzene rings is 2. The van der Waals surface area contributed by atoms with E-state index in [1.807, 2.05) is 12.1 Å². The number of methoxy groups -OCH3 is 1. The van der Waals surface area contributed by atoms with E-state index in [0.717, 1.165) is 37.0 Å². The van der Waals surface area contributed by atoms with Crippen LogP contribution >= 0.6 is 0 Å². The molecule has 9 heteroatoms. The molecule has 0 bridgehead atoms. The number of amides is 2. The summed E-state index contributed by atoms with van der Waals surface area (Å²) in [5, 5.41) is 2.74. The van der Waals surface area contributed by atoms with Crippen LogP contribution in [0.5, 0.6) is 0 Å². The van der Waals surface area contributed by atoms with Gasteiger partial charge in [-0.2, -0.15) is 13.2 Å². The zero-order valence-corrected chi connectivity index (χ0v) is 18.8. The van der Waals surface area contributed by atoms with E-state index in [1.165, 1.54) is 17.0 Å². The van der Waals surface area contributed by atoms with Gasteiger partial charge in [0.05, 0.1) is 18.7 Å². The zero-order valence-electron chi connectivity index (χ0n) is 18.8. The average molecular weight is 473 g/mol. The first-order valence-corrected chi connectivity index (χ1v) is 11.2. The van der Waals surface area contributed by atoms with Gasteiger partial charge in [0.25, 0.3) is 11.8 Å². The number of anilines is 1. The molecule has 0 saturated heterocycles. The second-order valence-corrected chi connectivity index (χ2v) is 8.60. The molecule has 1 aliphatic carbocycles. The minimum atomic E-state index is -4.49. The van der Waals surface area contributed by atoms with Gasteiger partial charge in [0, 0.05) is 18.4 Å². The number of carbonyl (C=O) groups excluding carboxylic acids is 2. The first-order chi connectivity index (χ1) is 16.2. The molecule has 2 amide bonds. The minimum absolute atomic E-state index is 0.155. The van der Waals surface area contributed by atoms with Crippen molar-refractivity contribution in [1.29, 1.82) is 0 Å². The quantitative estimate of drug-likeness (QED) is 0.656. The summed E-state index contributed by atoms with van der Waals surface area (Å²) in [7, 11) is 1.60. The van der Waals surface area contributed by atoms with Crippen LogP contribution in [-0.4, -0.2) is 41.7 Å². The Balaban J connectivity index is 1.55. The molecule has 0 radical (unpaired) electrons. The second kappa shape index (κ2) is 9.58. The maximum Gasteiger partial charge on any atom is 0.416 e. The Labute approximate surface area is 195 Å². The van der Waals surface area contributed by atoms with Gasteiger partial charge in [-0.1, -0.05) is 36.8 Å². The Hall–Kier alpha value is -3.20. The molecule has 1 saturated carbocycles. The monoisotopic (exact) mass is 473 g/mol.